The summed E-state index contributed by atoms with van der Waals surface area (Å²) in [7, 11) is -3.42. The summed E-state index contributed by atoms with van der Waals surface area (Å²) < 4.78 is 26.7. The molecule has 2 rings (SSSR count). The first-order valence-electron chi connectivity index (χ1n) is 8.33. The van der Waals surface area contributed by atoms with Crippen molar-refractivity contribution in [1.82, 2.24) is 9.62 Å². The first-order valence-corrected chi connectivity index (χ1v) is 9.77. The predicted octanol–water partition coefficient (Wildman–Crippen LogP) is 1.68. The smallest absolute Gasteiger partial charge is 0.243 e. The Morgan fingerprint density at radius 1 is 1.16 bits per heavy atom. The summed E-state index contributed by atoms with van der Waals surface area (Å²) in [6, 6.07) is 6.56. The van der Waals surface area contributed by atoms with Gasteiger partial charge in [0.25, 0.3) is 0 Å². The molecule has 0 bridgehead atoms. The summed E-state index contributed by atoms with van der Waals surface area (Å²) in [5, 5.41) is 2.78. The second kappa shape index (κ2) is 8.98. The molecule has 0 aliphatic carbocycles. The van der Waals surface area contributed by atoms with E-state index >= 15 is 0 Å². The van der Waals surface area contributed by atoms with E-state index in [9.17, 15) is 13.2 Å². The Kier molecular flexibility index (Phi) is 7.87. The summed E-state index contributed by atoms with van der Waals surface area (Å²) in [5.74, 6) is -0.125. The van der Waals surface area contributed by atoms with Gasteiger partial charge in [-0.2, -0.15) is 4.31 Å². The number of benzene rings is 1. The Balaban J connectivity index is 0.00000312. The molecule has 0 spiro atoms. The summed E-state index contributed by atoms with van der Waals surface area (Å²) in [6.07, 6.45) is 3.11. The number of nitrogens with zero attached hydrogens (tertiary/aromatic N) is 1. The molecule has 0 atom stereocenters. The van der Waals surface area contributed by atoms with Crippen molar-refractivity contribution in [3.8, 4) is 0 Å². The number of halogens is 1. The lowest BCUT2D eigenvalue weighted by Crippen LogP contribution is -2.45. The maximum absolute atomic E-state index is 12.6. The Morgan fingerprint density at radius 3 is 2.24 bits per heavy atom. The van der Waals surface area contributed by atoms with E-state index in [0.29, 0.717) is 19.6 Å². The van der Waals surface area contributed by atoms with Crippen molar-refractivity contribution in [3.05, 3.63) is 29.8 Å². The highest BCUT2D eigenvalue weighted by Crippen LogP contribution is 2.20. The van der Waals surface area contributed by atoms with E-state index in [1.807, 2.05) is 13.8 Å². The van der Waals surface area contributed by atoms with Gasteiger partial charge in [0.2, 0.25) is 15.9 Å². The molecule has 1 fully saturated rings. The van der Waals surface area contributed by atoms with Crippen molar-refractivity contribution in [2.45, 2.75) is 50.0 Å². The number of sulfonamides is 1. The second-order valence-corrected chi connectivity index (χ2v) is 8.99. The molecule has 0 saturated carbocycles. The fourth-order valence-electron chi connectivity index (χ4n) is 2.61. The number of carbonyl (C=O) groups excluding carboxylic acids is 1. The van der Waals surface area contributed by atoms with Crippen LogP contribution in [0, 0.1) is 0 Å². The van der Waals surface area contributed by atoms with Crippen molar-refractivity contribution in [3.63, 3.8) is 0 Å². The molecule has 0 radical (unpaired) electrons. The van der Waals surface area contributed by atoms with Gasteiger partial charge in [-0.25, -0.2) is 8.42 Å². The number of nitrogens with two attached hydrogens (primary N) is 1. The third-order valence-electron chi connectivity index (χ3n) is 3.98. The summed E-state index contributed by atoms with van der Waals surface area (Å²) in [4.78, 5) is 12.2. The van der Waals surface area contributed by atoms with E-state index < -0.39 is 15.6 Å². The molecule has 8 heteroatoms. The summed E-state index contributed by atoms with van der Waals surface area (Å²) in [6.45, 7) is 5.25. The molecular formula is C17H28ClN3O3S. The van der Waals surface area contributed by atoms with Crippen LogP contribution in [0.4, 0.5) is 0 Å². The van der Waals surface area contributed by atoms with Crippen LogP contribution in [-0.4, -0.2) is 43.8 Å². The van der Waals surface area contributed by atoms with E-state index in [0.717, 1.165) is 24.8 Å². The van der Waals surface area contributed by atoms with Crippen molar-refractivity contribution < 1.29 is 13.2 Å². The van der Waals surface area contributed by atoms with Gasteiger partial charge >= 0.3 is 0 Å². The van der Waals surface area contributed by atoms with Gasteiger partial charge in [0.1, 0.15) is 0 Å². The summed E-state index contributed by atoms with van der Waals surface area (Å²) in [5.41, 5.74) is 6.15. The third-order valence-corrected chi connectivity index (χ3v) is 5.89. The maximum atomic E-state index is 12.6. The fraction of sp³-hybridized carbons (Fsp3) is 0.588. The van der Waals surface area contributed by atoms with Gasteiger partial charge in [-0.05, 0) is 44.4 Å². The van der Waals surface area contributed by atoms with E-state index in [1.165, 1.54) is 0 Å². The Hall–Kier alpha value is -1.15. The molecule has 1 saturated heterocycles. The fourth-order valence-corrected chi connectivity index (χ4v) is 4.12. The van der Waals surface area contributed by atoms with Crippen LogP contribution in [0.2, 0.25) is 0 Å². The van der Waals surface area contributed by atoms with E-state index in [2.05, 4.69) is 5.32 Å². The highest BCUT2D eigenvalue weighted by Gasteiger charge is 2.25. The topological polar surface area (TPSA) is 92.5 Å². The molecule has 0 unspecified atom stereocenters. The SMILES string of the molecule is CC(C)(N)CNC(=O)Cc1ccc(S(=O)(=O)N2CCCCC2)cc1.Cl. The predicted molar refractivity (Wildman–Crippen MR) is 101 cm³/mol. The highest BCUT2D eigenvalue weighted by molar-refractivity contribution is 7.89. The van der Waals surface area contributed by atoms with Crippen molar-refractivity contribution in [2.24, 2.45) is 5.73 Å². The minimum Gasteiger partial charge on any atom is -0.354 e. The number of hydrogen-bond donors (Lipinski definition) is 2. The summed E-state index contributed by atoms with van der Waals surface area (Å²) >= 11 is 0. The highest BCUT2D eigenvalue weighted by atomic mass is 35.5. The number of piperidine rings is 1. The monoisotopic (exact) mass is 389 g/mol. The number of carbonyl (C=O) groups is 1. The maximum Gasteiger partial charge on any atom is 0.243 e. The number of rotatable bonds is 6. The standard InChI is InChI=1S/C17H27N3O3S.ClH/c1-17(2,18)13-19-16(21)12-14-6-8-15(9-7-14)24(22,23)20-10-4-3-5-11-20;/h6-9H,3-5,10-13,18H2,1-2H3,(H,19,21);1H. The number of nitrogens with one attached hydrogen (secondary N) is 1. The van der Waals surface area contributed by atoms with Crippen LogP contribution in [0.3, 0.4) is 0 Å². The average molecular weight is 390 g/mol. The average Bonchev–Trinajstić information content (AvgIpc) is 2.54. The number of amides is 1. The lowest BCUT2D eigenvalue weighted by atomic mass is 10.1. The molecule has 6 nitrogen and oxygen atoms in total. The van der Waals surface area contributed by atoms with Crippen LogP contribution >= 0.6 is 12.4 Å². The zero-order chi connectivity index (χ0) is 17.8. The van der Waals surface area contributed by atoms with Gasteiger partial charge < -0.3 is 11.1 Å². The zero-order valence-electron chi connectivity index (χ0n) is 14.8. The lowest BCUT2D eigenvalue weighted by molar-refractivity contribution is -0.120. The normalized spacial score (nSPS) is 16.1. The Labute approximate surface area is 156 Å². The van der Waals surface area contributed by atoms with Gasteiger partial charge in [-0.15, -0.1) is 12.4 Å². The third kappa shape index (κ3) is 6.58. The quantitative estimate of drug-likeness (QED) is 0.774. The van der Waals surface area contributed by atoms with Crippen LogP contribution in [0.1, 0.15) is 38.7 Å². The van der Waals surface area contributed by atoms with E-state index in [1.54, 1.807) is 28.6 Å². The first kappa shape index (κ1) is 21.9. The molecule has 0 aromatic heterocycles. The molecular weight excluding hydrogens is 362 g/mol. The molecule has 1 aliphatic rings. The first-order chi connectivity index (χ1) is 11.2. The molecule has 1 amide bonds. The van der Waals surface area contributed by atoms with Crippen LogP contribution in [-0.2, 0) is 21.2 Å². The van der Waals surface area contributed by atoms with Gasteiger partial charge in [0, 0.05) is 25.2 Å². The van der Waals surface area contributed by atoms with Crippen LogP contribution in [0.5, 0.6) is 0 Å². The van der Waals surface area contributed by atoms with Gasteiger partial charge in [0.05, 0.1) is 11.3 Å². The van der Waals surface area contributed by atoms with Gasteiger partial charge in [-0.1, -0.05) is 18.6 Å². The molecule has 1 heterocycles. The molecule has 1 aliphatic heterocycles. The van der Waals surface area contributed by atoms with Crippen molar-refractivity contribution in [2.75, 3.05) is 19.6 Å². The van der Waals surface area contributed by atoms with Crippen LogP contribution < -0.4 is 11.1 Å². The van der Waals surface area contributed by atoms with Crippen LogP contribution in [0.25, 0.3) is 0 Å². The van der Waals surface area contributed by atoms with Crippen LogP contribution in [0.15, 0.2) is 29.2 Å². The Bertz CT molecular complexity index is 663. The largest absolute Gasteiger partial charge is 0.354 e. The Morgan fingerprint density at radius 2 is 1.72 bits per heavy atom. The zero-order valence-corrected chi connectivity index (χ0v) is 16.5. The number of hydrogen-bond acceptors (Lipinski definition) is 4. The van der Waals surface area contributed by atoms with Gasteiger partial charge in [0.15, 0.2) is 0 Å². The minimum absolute atomic E-state index is 0. The molecule has 142 valence electrons. The molecule has 3 N–H and O–H groups in total. The second-order valence-electron chi connectivity index (χ2n) is 7.05. The molecule has 25 heavy (non-hydrogen) atoms. The van der Waals surface area contributed by atoms with Crippen molar-refractivity contribution in [1.29, 1.82) is 0 Å². The lowest BCUT2D eigenvalue weighted by Gasteiger charge is -2.25. The minimum atomic E-state index is -3.42. The van der Waals surface area contributed by atoms with E-state index in [4.69, 9.17) is 5.73 Å². The van der Waals surface area contributed by atoms with E-state index in [-0.39, 0.29) is 29.6 Å². The molecule has 1 aromatic carbocycles. The molecule has 1 aromatic rings. The van der Waals surface area contributed by atoms with Gasteiger partial charge in [-0.3, -0.25) is 4.79 Å². The van der Waals surface area contributed by atoms with Crippen molar-refractivity contribution >= 4 is 28.3 Å².